The number of hydrogen-bond acceptors (Lipinski definition) is 2. The lowest BCUT2D eigenvalue weighted by atomic mass is 9.96. The van der Waals surface area contributed by atoms with Gasteiger partial charge < -0.3 is 0 Å². The van der Waals surface area contributed by atoms with E-state index < -0.39 is 5.24 Å². The zero-order valence-electron chi connectivity index (χ0n) is 7.51. The van der Waals surface area contributed by atoms with Crippen LogP contribution < -0.4 is 0 Å². The Balaban J connectivity index is 2.54. The van der Waals surface area contributed by atoms with Crippen LogP contribution in [0.4, 0.5) is 0 Å². The molecule has 3 nitrogen and oxygen atoms in total. The Morgan fingerprint density at radius 2 is 2.15 bits per heavy atom. The fourth-order valence-electron chi connectivity index (χ4n) is 1.93. The lowest BCUT2D eigenvalue weighted by Gasteiger charge is -2.08. The average Bonchev–Trinajstić information content (AvgIpc) is 2.39. The first-order valence-corrected chi connectivity index (χ1v) is 4.82. The fraction of sp³-hybridized carbons (Fsp3) is 0.556. The minimum absolute atomic E-state index is 0.391. The second-order valence-electron chi connectivity index (χ2n) is 3.38. The van der Waals surface area contributed by atoms with Crippen molar-refractivity contribution in [3.05, 3.63) is 17.0 Å². The molecule has 0 aliphatic heterocycles. The third-order valence-corrected chi connectivity index (χ3v) is 2.68. The highest BCUT2D eigenvalue weighted by molar-refractivity contribution is 6.67. The predicted octanol–water partition coefficient (Wildman–Crippen LogP) is 1.68. The summed E-state index contributed by atoms with van der Waals surface area (Å²) in [6.07, 6.45) is 4.22. The third kappa shape index (κ3) is 1.37. The minimum atomic E-state index is -0.391. The van der Waals surface area contributed by atoms with Crippen LogP contribution in [0.2, 0.25) is 0 Å². The molecule has 1 aliphatic rings. The third-order valence-electron chi connectivity index (χ3n) is 2.51. The summed E-state index contributed by atoms with van der Waals surface area (Å²) in [7, 11) is 1.77. The summed E-state index contributed by atoms with van der Waals surface area (Å²) in [5, 5.41) is 3.89. The molecule has 0 saturated heterocycles. The quantitative estimate of drug-likeness (QED) is 0.644. The number of halogens is 1. The Kier molecular flexibility index (Phi) is 2.12. The van der Waals surface area contributed by atoms with E-state index in [4.69, 9.17) is 11.6 Å². The summed E-state index contributed by atoms with van der Waals surface area (Å²) < 4.78 is 1.60. The molecule has 0 unspecified atom stereocenters. The van der Waals surface area contributed by atoms with Crippen LogP contribution in [0.3, 0.4) is 0 Å². The highest BCUT2D eigenvalue weighted by atomic mass is 35.5. The van der Waals surface area contributed by atoms with E-state index in [1.807, 2.05) is 0 Å². The van der Waals surface area contributed by atoms with Gasteiger partial charge in [0.05, 0.1) is 5.69 Å². The van der Waals surface area contributed by atoms with Gasteiger partial charge in [-0.2, -0.15) is 5.10 Å². The van der Waals surface area contributed by atoms with Crippen molar-refractivity contribution in [1.82, 2.24) is 9.78 Å². The Hall–Kier alpha value is -0.830. The number of carbonyl (C=O) groups excluding carboxylic acids is 1. The van der Waals surface area contributed by atoms with Gasteiger partial charge in [-0.15, -0.1) is 0 Å². The zero-order valence-corrected chi connectivity index (χ0v) is 8.26. The summed E-state index contributed by atoms with van der Waals surface area (Å²) in [4.78, 5) is 11.1. The van der Waals surface area contributed by atoms with Gasteiger partial charge in [0.2, 0.25) is 0 Å². The number of aryl methyl sites for hydroxylation is 2. The molecule has 13 heavy (non-hydrogen) atoms. The number of hydrogen-bond donors (Lipinski definition) is 0. The molecule has 1 aromatic heterocycles. The van der Waals surface area contributed by atoms with E-state index >= 15 is 0 Å². The van der Waals surface area contributed by atoms with Crippen LogP contribution in [-0.2, 0) is 19.9 Å². The zero-order chi connectivity index (χ0) is 9.42. The van der Waals surface area contributed by atoms with Crippen molar-refractivity contribution in [2.75, 3.05) is 0 Å². The van der Waals surface area contributed by atoms with Crippen molar-refractivity contribution in [1.29, 1.82) is 0 Å². The maximum atomic E-state index is 11.1. The second-order valence-corrected chi connectivity index (χ2v) is 3.72. The summed E-state index contributed by atoms with van der Waals surface area (Å²) in [5.74, 6) is 0. The Bertz CT molecular complexity index is 357. The first-order valence-electron chi connectivity index (χ1n) is 4.44. The maximum Gasteiger partial charge on any atom is 0.270 e. The van der Waals surface area contributed by atoms with Crippen LogP contribution in [0.15, 0.2) is 0 Å². The van der Waals surface area contributed by atoms with Crippen molar-refractivity contribution in [3.8, 4) is 0 Å². The van der Waals surface area contributed by atoms with Crippen LogP contribution in [-0.4, -0.2) is 15.0 Å². The lowest BCUT2D eigenvalue weighted by molar-refractivity contribution is 0.107. The fourth-order valence-corrected chi connectivity index (χ4v) is 2.16. The van der Waals surface area contributed by atoms with Gasteiger partial charge in [-0.3, -0.25) is 9.48 Å². The van der Waals surface area contributed by atoms with Crippen molar-refractivity contribution in [3.63, 3.8) is 0 Å². The molecule has 0 bridgehead atoms. The predicted molar refractivity (Wildman–Crippen MR) is 50.0 cm³/mol. The van der Waals surface area contributed by atoms with Crippen LogP contribution in [0.25, 0.3) is 0 Å². The number of aromatic nitrogens is 2. The van der Waals surface area contributed by atoms with E-state index in [0.29, 0.717) is 5.69 Å². The SMILES string of the molecule is Cn1nc2c(c1C(=O)Cl)CCCC2. The normalized spacial score (nSPS) is 15.5. The Morgan fingerprint density at radius 3 is 2.85 bits per heavy atom. The molecule has 1 aromatic rings. The minimum Gasteiger partial charge on any atom is -0.274 e. The molecule has 4 heteroatoms. The van der Waals surface area contributed by atoms with E-state index in [2.05, 4.69) is 5.10 Å². The molecule has 70 valence electrons. The van der Waals surface area contributed by atoms with Crippen molar-refractivity contribution < 1.29 is 4.79 Å². The number of rotatable bonds is 1. The van der Waals surface area contributed by atoms with E-state index in [9.17, 15) is 4.79 Å². The summed E-state index contributed by atoms with van der Waals surface area (Å²) >= 11 is 5.49. The van der Waals surface area contributed by atoms with Gasteiger partial charge >= 0.3 is 0 Å². The second kappa shape index (κ2) is 3.14. The monoisotopic (exact) mass is 198 g/mol. The van der Waals surface area contributed by atoms with Gasteiger partial charge in [-0.25, -0.2) is 0 Å². The summed E-state index contributed by atoms with van der Waals surface area (Å²) in [6, 6.07) is 0. The largest absolute Gasteiger partial charge is 0.274 e. The van der Waals surface area contributed by atoms with Gasteiger partial charge in [-0.05, 0) is 37.3 Å². The van der Waals surface area contributed by atoms with E-state index in [0.717, 1.165) is 30.5 Å². The first-order chi connectivity index (χ1) is 6.20. The van der Waals surface area contributed by atoms with Gasteiger partial charge in [0.1, 0.15) is 5.69 Å². The van der Waals surface area contributed by atoms with Crippen molar-refractivity contribution in [2.45, 2.75) is 25.7 Å². The van der Waals surface area contributed by atoms with Crippen LogP contribution in [0, 0.1) is 0 Å². The van der Waals surface area contributed by atoms with Gasteiger partial charge in [0.15, 0.2) is 0 Å². The topological polar surface area (TPSA) is 34.9 Å². The molecule has 1 aliphatic carbocycles. The van der Waals surface area contributed by atoms with Crippen LogP contribution in [0.5, 0.6) is 0 Å². The van der Waals surface area contributed by atoms with Gasteiger partial charge in [0.25, 0.3) is 5.24 Å². The van der Waals surface area contributed by atoms with Crippen molar-refractivity contribution in [2.24, 2.45) is 7.05 Å². The number of nitrogens with zero attached hydrogens (tertiary/aromatic N) is 2. The summed E-state index contributed by atoms with van der Waals surface area (Å²) in [5.41, 5.74) is 2.70. The molecule has 0 amide bonds. The molecule has 0 atom stereocenters. The first kappa shape index (κ1) is 8.75. The van der Waals surface area contributed by atoms with E-state index in [-0.39, 0.29) is 0 Å². The standard InChI is InChI=1S/C9H11ClN2O/c1-12-8(9(10)13)6-4-2-3-5-7(6)11-12/h2-5H2,1H3. The molecule has 0 aromatic carbocycles. The molecule has 0 radical (unpaired) electrons. The molecule has 2 rings (SSSR count). The molecule has 1 heterocycles. The molecular weight excluding hydrogens is 188 g/mol. The number of fused-ring (bicyclic) bond motifs is 1. The van der Waals surface area contributed by atoms with Crippen LogP contribution >= 0.6 is 11.6 Å². The Morgan fingerprint density at radius 1 is 1.46 bits per heavy atom. The average molecular weight is 199 g/mol. The molecule has 0 fully saturated rings. The number of carbonyl (C=O) groups is 1. The maximum absolute atomic E-state index is 11.1. The van der Waals surface area contributed by atoms with Crippen molar-refractivity contribution >= 4 is 16.8 Å². The Labute approximate surface area is 81.7 Å². The van der Waals surface area contributed by atoms with E-state index in [1.54, 1.807) is 11.7 Å². The lowest BCUT2D eigenvalue weighted by Crippen LogP contribution is -2.05. The smallest absolute Gasteiger partial charge is 0.270 e. The van der Waals surface area contributed by atoms with E-state index in [1.165, 1.54) is 6.42 Å². The summed E-state index contributed by atoms with van der Waals surface area (Å²) in [6.45, 7) is 0. The van der Waals surface area contributed by atoms with Crippen LogP contribution in [0.1, 0.15) is 34.6 Å². The highest BCUT2D eigenvalue weighted by Gasteiger charge is 2.22. The molecule has 0 spiro atoms. The highest BCUT2D eigenvalue weighted by Crippen LogP contribution is 2.24. The van der Waals surface area contributed by atoms with Gasteiger partial charge in [-0.1, -0.05) is 0 Å². The van der Waals surface area contributed by atoms with Gasteiger partial charge in [0, 0.05) is 12.6 Å². The molecule has 0 N–H and O–H groups in total. The molecule has 0 saturated carbocycles. The molecular formula is C9H11ClN2O.